The normalized spacial score (nSPS) is 12.9. The highest BCUT2D eigenvalue weighted by atomic mass is 32.2. The summed E-state index contributed by atoms with van der Waals surface area (Å²) in [6.07, 6.45) is 3.20. The number of benzene rings is 3. The second kappa shape index (κ2) is 19.7. The van der Waals surface area contributed by atoms with Crippen LogP contribution in [0.2, 0.25) is 0 Å². The van der Waals surface area contributed by atoms with E-state index in [2.05, 4.69) is 31.9 Å². The average molecular weight is 828 g/mol. The summed E-state index contributed by atoms with van der Waals surface area (Å²) in [7, 11) is -2.61. The van der Waals surface area contributed by atoms with Crippen molar-refractivity contribution >= 4 is 39.2 Å². The molecule has 0 bridgehead atoms. The van der Waals surface area contributed by atoms with Gasteiger partial charge in [0.2, 0.25) is 5.91 Å². The highest BCUT2D eigenvalue weighted by molar-refractivity contribution is 7.97. The minimum absolute atomic E-state index is 0.0681. The van der Waals surface area contributed by atoms with Crippen LogP contribution in [0.5, 0.6) is 34.5 Å². The van der Waals surface area contributed by atoms with Crippen LogP contribution < -0.4 is 26.0 Å². The molecule has 58 heavy (non-hydrogen) atoms. The number of phenols is 6. The molecular formula is C41H57N5O11S. The van der Waals surface area contributed by atoms with Gasteiger partial charge in [-0.2, -0.15) is 0 Å². The Kier molecular flexibility index (Phi) is 15.8. The molecule has 0 saturated carbocycles. The van der Waals surface area contributed by atoms with Gasteiger partial charge in [-0.25, -0.2) is 4.72 Å². The van der Waals surface area contributed by atoms with Crippen molar-refractivity contribution < 1.29 is 54.0 Å². The number of hydrogen-bond acceptors (Lipinski definition) is 11. The van der Waals surface area contributed by atoms with E-state index in [0.717, 1.165) is 0 Å². The van der Waals surface area contributed by atoms with E-state index in [9.17, 15) is 54.0 Å². The highest BCUT2D eigenvalue weighted by Gasteiger charge is 2.41. The van der Waals surface area contributed by atoms with Crippen molar-refractivity contribution in [3.05, 3.63) is 71.3 Å². The Balaban J connectivity index is 1.90. The zero-order valence-electron chi connectivity index (χ0n) is 33.6. The van der Waals surface area contributed by atoms with E-state index < -0.39 is 78.4 Å². The molecule has 1 unspecified atom stereocenters. The second-order valence-corrected chi connectivity index (χ2v) is 18.1. The molecule has 3 rings (SSSR count). The van der Waals surface area contributed by atoms with E-state index in [1.807, 2.05) is 27.7 Å². The van der Waals surface area contributed by atoms with Gasteiger partial charge in [0, 0.05) is 52.1 Å². The Labute approximate surface area is 339 Å². The highest BCUT2D eigenvalue weighted by Crippen LogP contribution is 2.37. The largest absolute Gasteiger partial charge is 0.504 e. The molecule has 16 nitrogen and oxygen atoms in total. The second-order valence-electron chi connectivity index (χ2n) is 15.9. The fourth-order valence-corrected chi connectivity index (χ4v) is 8.48. The lowest BCUT2D eigenvalue weighted by Crippen LogP contribution is -2.56. The number of carbonyl (C=O) groups is 4. The lowest BCUT2D eigenvalue weighted by atomic mass is 9.73. The number of rotatable bonds is 21. The van der Waals surface area contributed by atoms with Crippen LogP contribution in [0.15, 0.2) is 54.6 Å². The number of amides is 4. The van der Waals surface area contributed by atoms with Crippen LogP contribution in [0.1, 0.15) is 104 Å². The van der Waals surface area contributed by atoms with Crippen LogP contribution >= 0.6 is 0 Å². The number of nitrogens with one attached hydrogen (secondary N) is 5. The van der Waals surface area contributed by atoms with Crippen molar-refractivity contribution in [1.82, 2.24) is 26.0 Å². The maximum atomic E-state index is 14.7. The van der Waals surface area contributed by atoms with E-state index in [0.29, 0.717) is 6.42 Å². The van der Waals surface area contributed by atoms with Crippen molar-refractivity contribution in [3.63, 3.8) is 0 Å². The summed E-state index contributed by atoms with van der Waals surface area (Å²) < 4.78 is 15.6. The molecule has 17 heteroatoms. The topological polar surface area (TPSA) is 267 Å². The molecular weight excluding hydrogens is 771 g/mol. The van der Waals surface area contributed by atoms with Crippen molar-refractivity contribution in [2.45, 2.75) is 83.7 Å². The van der Waals surface area contributed by atoms with Crippen LogP contribution in [-0.4, -0.2) is 101 Å². The van der Waals surface area contributed by atoms with E-state index in [-0.39, 0.29) is 80.8 Å². The first-order valence-electron chi connectivity index (χ1n) is 18.8. The molecule has 0 spiro atoms. The predicted octanol–water partition coefficient (Wildman–Crippen LogP) is 3.75. The quantitative estimate of drug-likeness (QED) is 0.0418. The van der Waals surface area contributed by atoms with Gasteiger partial charge in [-0.3, -0.25) is 23.4 Å². The van der Waals surface area contributed by atoms with Crippen molar-refractivity contribution in [3.8, 4) is 34.5 Å². The van der Waals surface area contributed by atoms with Gasteiger partial charge in [0.25, 0.3) is 17.7 Å². The molecule has 3 aromatic rings. The van der Waals surface area contributed by atoms with Gasteiger partial charge in [-0.05, 0) is 115 Å². The molecule has 0 heterocycles. The van der Waals surface area contributed by atoms with Gasteiger partial charge in [0.1, 0.15) is 0 Å². The summed E-state index contributed by atoms with van der Waals surface area (Å²) >= 11 is 0. The Hall–Kier alpha value is -5.68. The standard InChI is InChI=1S/C41H57N5O11S/c1-39(2,25-40(3,4)46-58(5,6)57)45-38(56)41(19-10-22-42-35(53)26-13-7-16-29(47)32(26)50,20-11-23-43-36(54)27-14-8-17-30(48)33(27)51)21-12-24-44-37(55)28-15-9-18-31(49)34(28)52/h7-9,13-18,47-52H,5,10-12,19-25H2,1-4,6H3,(H,42,53)(H,43,54)(H,44,55)(H,45,56)(H,46,57). The molecule has 4 amide bonds. The van der Waals surface area contributed by atoms with Gasteiger partial charge < -0.3 is 51.9 Å². The summed E-state index contributed by atoms with van der Waals surface area (Å²) in [6.45, 7) is 7.54. The molecule has 3 aromatic carbocycles. The third kappa shape index (κ3) is 13.5. The fourth-order valence-electron chi connectivity index (χ4n) is 7.24. The van der Waals surface area contributed by atoms with E-state index in [1.54, 1.807) is 0 Å². The fraction of sp³-hybridized carbons (Fsp3) is 0.439. The number of phenolic OH excluding ortho intramolecular Hbond substituents is 6. The summed E-state index contributed by atoms with van der Waals surface area (Å²) in [6, 6.07) is 12.0. The molecule has 0 aromatic heterocycles. The summed E-state index contributed by atoms with van der Waals surface area (Å²) in [5, 5.41) is 71.5. The van der Waals surface area contributed by atoms with Crippen LogP contribution in [0.25, 0.3) is 0 Å². The van der Waals surface area contributed by atoms with Crippen molar-refractivity contribution in [1.29, 1.82) is 0 Å². The minimum Gasteiger partial charge on any atom is -0.504 e. The van der Waals surface area contributed by atoms with Gasteiger partial charge in [-0.15, -0.1) is 0 Å². The van der Waals surface area contributed by atoms with Crippen LogP contribution in [-0.2, 0) is 14.5 Å². The van der Waals surface area contributed by atoms with Crippen LogP contribution in [0, 0.1) is 5.41 Å². The number of aromatic hydroxyl groups is 6. The molecule has 0 aliphatic carbocycles. The Morgan fingerprint density at radius 2 is 0.914 bits per heavy atom. The zero-order valence-corrected chi connectivity index (χ0v) is 34.4. The molecule has 318 valence electrons. The van der Waals surface area contributed by atoms with Gasteiger partial charge in [0.15, 0.2) is 34.5 Å². The number of hydrogen-bond donors (Lipinski definition) is 11. The summed E-state index contributed by atoms with van der Waals surface area (Å²) in [5.74, 6) is -1.70. The van der Waals surface area contributed by atoms with E-state index >= 15 is 0 Å². The molecule has 0 radical (unpaired) electrons. The van der Waals surface area contributed by atoms with Crippen molar-refractivity contribution in [2.24, 2.45) is 5.41 Å². The van der Waals surface area contributed by atoms with Gasteiger partial charge >= 0.3 is 0 Å². The summed E-state index contributed by atoms with van der Waals surface area (Å²) in [4.78, 5) is 53.5. The van der Waals surface area contributed by atoms with Crippen LogP contribution in [0.4, 0.5) is 0 Å². The number of para-hydroxylation sites is 3. The van der Waals surface area contributed by atoms with E-state index in [4.69, 9.17) is 0 Å². The number of carbonyl (C=O) groups excluding carboxylic acids is 4. The molecule has 1 atom stereocenters. The maximum absolute atomic E-state index is 14.7. The monoisotopic (exact) mass is 827 g/mol. The molecule has 0 aliphatic rings. The van der Waals surface area contributed by atoms with Gasteiger partial charge in [0.05, 0.1) is 16.7 Å². The van der Waals surface area contributed by atoms with Crippen molar-refractivity contribution in [2.75, 3.05) is 25.9 Å². The first-order chi connectivity index (χ1) is 27.0. The first kappa shape index (κ1) is 46.7. The molecule has 0 fully saturated rings. The predicted molar refractivity (Wildman–Crippen MR) is 222 cm³/mol. The molecule has 0 aliphatic heterocycles. The lowest BCUT2D eigenvalue weighted by Gasteiger charge is -2.40. The third-order valence-electron chi connectivity index (χ3n) is 9.44. The smallest absolute Gasteiger partial charge is 0.255 e. The Bertz CT molecular complexity index is 1900. The average Bonchev–Trinajstić information content (AvgIpc) is 3.11. The Morgan fingerprint density at radius 3 is 1.22 bits per heavy atom. The first-order valence-corrected chi connectivity index (χ1v) is 20.9. The third-order valence-corrected chi connectivity index (χ3v) is 10.4. The lowest BCUT2D eigenvalue weighted by molar-refractivity contribution is -0.134. The molecule has 11 N–H and O–H groups in total. The van der Waals surface area contributed by atoms with Crippen LogP contribution in [0.3, 0.4) is 0 Å². The SMILES string of the molecule is C=S(C)(=O)NC(C)(C)CC(C)(C)NC(=O)C(CCCNC(=O)c1cccc(O)c1O)(CCCNC(=O)c1cccc(O)c1O)CCCNC(=O)c1cccc(O)c1O. The zero-order chi connectivity index (χ0) is 43.5. The maximum Gasteiger partial charge on any atom is 0.255 e. The molecule has 0 saturated heterocycles. The Morgan fingerprint density at radius 1 is 0.586 bits per heavy atom. The van der Waals surface area contributed by atoms with Gasteiger partial charge in [-0.1, -0.05) is 18.2 Å². The summed E-state index contributed by atoms with van der Waals surface area (Å²) in [5.41, 5.74) is -3.18. The van der Waals surface area contributed by atoms with E-state index in [1.165, 1.54) is 60.9 Å². The minimum atomic E-state index is -2.61.